The zero-order valence-corrected chi connectivity index (χ0v) is 18.1. The van der Waals surface area contributed by atoms with Crippen LogP contribution in [-0.4, -0.2) is 87.7 Å². The van der Waals surface area contributed by atoms with Crippen molar-refractivity contribution in [1.82, 2.24) is 9.21 Å². The summed E-state index contributed by atoms with van der Waals surface area (Å²) in [5.74, 6) is -0.240. The van der Waals surface area contributed by atoms with E-state index in [1.54, 1.807) is 11.8 Å². The number of sulfonamides is 1. The van der Waals surface area contributed by atoms with E-state index >= 15 is 0 Å². The Labute approximate surface area is 175 Å². The van der Waals surface area contributed by atoms with Gasteiger partial charge in [-0.2, -0.15) is 4.31 Å². The Hall–Kier alpha value is -2.28. The van der Waals surface area contributed by atoms with E-state index in [-0.39, 0.29) is 42.7 Å². The summed E-state index contributed by atoms with van der Waals surface area (Å²) in [6.45, 7) is 5.35. The van der Waals surface area contributed by atoms with Crippen molar-refractivity contribution in [2.24, 2.45) is 0 Å². The van der Waals surface area contributed by atoms with Crippen LogP contribution < -0.4 is 4.74 Å². The normalized spacial score (nSPS) is 16.3. The van der Waals surface area contributed by atoms with Gasteiger partial charge < -0.3 is 19.1 Å². The fourth-order valence-electron chi connectivity index (χ4n) is 3.03. The Morgan fingerprint density at radius 2 is 1.90 bits per heavy atom. The molecule has 0 aromatic heterocycles. The van der Waals surface area contributed by atoms with Crippen LogP contribution in [0.5, 0.6) is 5.75 Å². The van der Waals surface area contributed by atoms with Gasteiger partial charge in [0.15, 0.2) is 5.75 Å². The van der Waals surface area contributed by atoms with E-state index < -0.39 is 26.7 Å². The Bertz CT molecular complexity index is 853. The quantitative estimate of drug-likeness (QED) is 0.295. The zero-order valence-electron chi connectivity index (χ0n) is 17.3. The number of methoxy groups -OCH3 is 1. The summed E-state index contributed by atoms with van der Waals surface area (Å²) in [4.78, 5) is 24.3. The van der Waals surface area contributed by atoms with Gasteiger partial charge >= 0.3 is 5.69 Å². The van der Waals surface area contributed by atoms with Gasteiger partial charge in [0, 0.05) is 38.9 Å². The molecule has 0 radical (unpaired) electrons. The predicted molar refractivity (Wildman–Crippen MR) is 107 cm³/mol. The minimum Gasteiger partial charge on any atom is -0.490 e. The summed E-state index contributed by atoms with van der Waals surface area (Å²) >= 11 is 0. The van der Waals surface area contributed by atoms with Crippen molar-refractivity contribution < 1.29 is 32.3 Å². The highest BCUT2D eigenvalue weighted by molar-refractivity contribution is 7.89. The lowest BCUT2D eigenvalue weighted by Gasteiger charge is -2.35. The second kappa shape index (κ2) is 10.7. The first-order chi connectivity index (χ1) is 14.2. The van der Waals surface area contributed by atoms with Crippen LogP contribution in [0.15, 0.2) is 23.1 Å². The zero-order chi connectivity index (χ0) is 22.3. The van der Waals surface area contributed by atoms with E-state index in [9.17, 15) is 23.3 Å². The molecule has 0 N–H and O–H groups in total. The van der Waals surface area contributed by atoms with Crippen molar-refractivity contribution in [2.45, 2.75) is 24.8 Å². The minimum atomic E-state index is -3.95. The Kier molecular flexibility index (Phi) is 8.53. The van der Waals surface area contributed by atoms with Gasteiger partial charge in [-0.1, -0.05) is 0 Å². The molecule has 1 aromatic rings. The third kappa shape index (κ3) is 5.65. The van der Waals surface area contributed by atoms with Crippen molar-refractivity contribution in [3.8, 4) is 5.75 Å². The van der Waals surface area contributed by atoms with E-state index in [0.717, 1.165) is 6.07 Å². The van der Waals surface area contributed by atoms with Gasteiger partial charge in [-0.05, 0) is 26.0 Å². The highest BCUT2D eigenvalue weighted by Gasteiger charge is 2.33. The highest BCUT2D eigenvalue weighted by Crippen LogP contribution is 2.30. The lowest BCUT2D eigenvalue weighted by molar-refractivity contribution is -0.386. The van der Waals surface area contributed by atoms with Gasteiger partial charge in [0.2, 0.25) is 10.0 Å². The van der Waals surface area contributed by atoms with E-state index in [0.29, 0.717) is 19.8 Å². The number of carbonyl (C=O) groups excluding carboxylic acids is 1. The molecule has 12 heteroatoms. The molecule has 1 fully saturated rings. The molecule has 0 bridgehead atoms. The van der Waals surface area contributed by atoms with Crippen molar-refractivity contribution >= 4 is 21.6 Å². The molecule has 1 saturated heterocycles. The molecule has 1 amide bonds. The molecular formula is C18H27N3O8S. The SMILES string of the molecule is CCOCCOC(C)C(=O)N1CCN(S(=O)(=O)c2ccc(OC)c([N+](=O)[O-])c2)CC1. The average molecular weight is 445 g/mol. The number of carbonyl (C=O) groups is 1. The standard InChI is InChI=1S/C18H27N3O8S/c1-4-28-11-12-29-14(2)18(22)19-7-9-20(10-8-19)30(25,26)15-5-6-17(27-3)16(13-15)21(23)24/h5-6,13-14H,4,7-12H2,1-3H3. The molecule has 1 atom stereocenters. The highest BCUT2D eigenvalue weighted by atomic mass is 32.2. The maximum atomic E-state index is 12.9. The van der Waals surface area contributed by atoms with Gasteiger partial charge in [0.05, 0.1) is 30.1 Å². The number of piperazine rings is 1. The summed E-state index contributed by atoms with van der Waals surface area (Å²) in [6, 6.07) is 3.51. The third-order valence-electron chi connectivity index (χ3n) is 4.68. The molecule has 1 aromatic carbocycles. The summed E-state index contributed by atoms with van der Waals surface area (Å²) in [7, 11) is -2.67. The van der Waals surface area contributed by atoms with E-state index in [1.807, 2.05) is 6.92 Å². The number of amides is 1. The van der Waals surface area contributed by atoms with Gasteiger partial charge in [0.1, 0.15) is 6.10 Å². The van der Waals surface area contributed by atoms with Crippen molar-refractivity contribution in [3.63, 3.8) is 0 Å². The molecule has 168 valence electrons. The van der Waals surface area contributed by atoms with Gasteiger partial charge in [-0.15, -0.1) is 0 Å². The molecule has 1 unspecified atom stereocenters. The number of benzene rings is 1. The number of hydrogen-bond donors (Lipinski definition) is 0. The number of ether oxygens (including phenoxy) is 3. The molecule has 0 saturated carbocycles. The molecule has 11 nitrogen and oxygen atoms in total. The smallest absolute Gasteiger partial charge is 0.312 e. The molecule has 0 aliphatic carbocycles. The van der Waals surface area contributed by atoms with Gasteiger partial charge in [0.25, 0.3) is 5.91 Å². The Morgan fingerprint density at radius 1 is 1.23 bits per heavy atom. The number of nitrogens with zero attached hydrogens (tertiary/aromatic N) is 3. The molecule has 2 rings (SSSR count). The maximum Gasteiger partial charge on any atom is 0.312 e. The minimum absolute atomic E-state index is 0.0207. The first-order valence-corrected chi connectivity index (χ1v) is 11.0. The van der Waals surface area contributed by atoms with Crippen LogP contribution in [0, 0.1) is 10.1 Å². The molecule has 0 spiro atoms. The van der Waals surface area contributed by atoms with Crippen LogP contribution in [0.3, 0.4) is 0 Å². The topological polar surface area (TPSA) is 129 Å². The van der Waals surface area contributed by atoms with Crippen molar-refractivity contribution in [3.05, 3.63) is 28.3 Å². The van der Waals surface area contributed by atoms with Crippen molar-refractivity contribution in [1.29, 1.82) is 0 Å². The summed E-state index contributed by atoms with van der Waals surface area (Å²) in [5.41, 5.74) is -0.426. The van der Waals surface area contributed by atoms with Gasteiger partial charge in [-0.25, -0.2) is 8.42 Å². The Balaban J connectivity index is 2.01. The Morgan fingerprint density at radius 3 is 2.47 bits per heavy atom. The lowest BCUT2D eigenvalue weighted by Crippen LogP contribution is -2.52. The van der Waals surface area contributed by atoms with Crippen LogP contribution >= 0.6 is 0 Å². The van der Waals surface area contributed by atoms with Crippen LogP contribution in [0.2, 0.25) is 0 Å². The monoisotopic (exact) mass is 445 g/mol. The number of nitro benzene ring substituents is 1. The molecule has 1 heterocycles. The lowest BCUT2D eigenvalue weighted by atomic mass is 10.3. The number of nitro groups is 1. The maximum absolute atomic E-state index is 12.9. The van der Waals surface area contributed by atoms with E-state index in [4.69, 9.17) is 14.2 Å². The van der Waals surface area contributed by atoms with Crippen LogP contribution in [0.25, 0.3) is 0 Å². The second-order valence-electron chi connectivity index (χ2n) is 6.53. The van der Waals surface area contributed by atoms with E-state index in [2.05, 4.69) is 0 Å². The summed E-state index contributed by atoms with van der Waals surface area (Å²) in [5, 5.41) is 11.2. The third-order valence-corrected chi connectivity index (χ3v) is 6.58. The van der Waals surface area contributed by atoms with E-state index in [1.165, 1.54) is 23.5 Å². The largest absolute Gasteiger partial charge is 0.490 e. The van der Waals surface area contributed by atoms with Crippen LogP contribution in [0.4, 0.5) is 5.69 Å². The number of hydrogen-bond acceptors (Lipinski definition) is 8. The summed E-state index contributed by atoms with van der Waals surface area (Å²) in [6.07, 6.45) is -0.655. The fraction of sp³-hybridized carbons (Fsp3) is 0.611. The summed E-state index contributed by atoms with van der Waals surface area (Å²) < 4.78 is 42.5. The fourth-order valence-corrected chi connectivity index (χ4v) is 4.47. The average Bonchev–Trinajstić information content (AvgIpc) is 2.75. The van der Waals surface area contributed by atoms with Crippen LogP contribution in [0.1, 0.15) is 13.8 Å². The number of rotatable bonds is 10. The van der Waals surface area contributed by atoms with Crippen molar-refractivity contribution in [2.75, 3.05) is 53.1 Å². The molecule has 30 heavy (non-hydrogen) atoms. The molecule has 1 aliphatic rings. The molecular weight excluding hydrogens is 418 g/mol. The second-order valence-corrected chi connectivity index (χ2v) is 8.47. The van der Waals surface area contributed by atoms with Gasteiger partial charge in [-0.3, -0.25) is 14.9 Å². The first kappa shape index (κ1) is 24.0. The van der Waals surface area contributed by atoms with Crippen LogP contribution in [-0.2, 0) is 24.3 Å². The predicted octanol–water partition coefficient (Wildman–Crippen LogP) is 0.878. The first-order valence-electron chi connectivity index (χ1n) is 9.53. The molecule has 1 aliphatic heterocycles.